The molecule has 3 atom stereocenters. The Hall–Kier alpha value is -2.15. The Kier molecular flexibility index (Phi) is 7.84. The molecule has 0 amide bonds. The number of benzene rings is 1. The molecule has 1 aliphatic rings. The fourth-order valence-corrected chi connectivity index (χ4v) is 3.26. The van der Waals surface area contributed by atoms with Gasteiger partial charge in [-0.3, -0.25) is 10.1 Å². The molecule has 7 heteroatoms. The number of ether oxygens (including phenoxy) is 1. The number of guanidine groups is 1. The molecule has 1 aliphatic carbocycles. The van der Waals surface area contributed by atoms with Gasteiger partial charge in [0, 0.05) is 31.3 Å². The number of nitro benzene ring substituents is 1. The number of aliphatic imine (C=N–C) groups is 1. The van der Waals surface area contributed by atoms with Crippen LogP contribution < -0.4 is 10.6 Å². The summed E-state index contributed by atoms with van der Waals surface area (Å²) in [6, 6.07) is 7.09. The van der Waals surface area contributed by atoms with Crippen LogP contribution >= 0.6 is 0 Å². The molecule has 26 heavy (non-hydrogen) atoms. The van der Waals surface area contributed by atoms with Crippen molar-refractivity contribution in [1.29, 1.82) is 0 Å². The molecule has 1 aromatic rings. The molecule has 2 N–H and O–H groups in total. The van der Waals surface area contributed by atoms with E-state index in [1.54, 1.807) is 19.2 Å². The second-order valence-electron chi connectivity index (χ2n) is 7.10. The average molecular weight is 362 g/mol. The van der Waals surface area contributed by atoms with Crippen molar-refractivity contribution in [2.75, 3.05) is 13.7 Å². The highest BCUT2D eigenvalue weighted by Gasteiger charge is 2.22. The lowest BCUT2D eigenvalue weighted by Gasteiger charge is -2.31. The Labute approximate surface area is 155 Å². The highest BCUT2D eigenvalue weighted by Crippen LogP contribution is 2.23. The molecule has 1 fully saturated rings. The number of non-ortho nitro benzene ring substituents is 1. The summed E-state index contributed by atoms with van der Waals surface area (Å²) < 4.78 is 5.20. The van der Waals surface area contributed by atoms with Crippen molar-refractivity contribution in [2.24, 2.45) is 10.9 Å². The number of hydrogen-bond donors (Lipinski definition) is 2. The summed E-state index contributed by atoms with van der Waals surface area (Å²) in [6.07, 6.45) is 4.92. The molecule has 0 radical (unpaired) electrons. The normalized spacial score (nSPS) is 21.9. The van der Waals surface area contributed by atoms with Gasteiger partial charge in [0.2, 0.25) is 0 Å². The van der Waals surface area contributed by atoms with Gasteiger partial charge in [0.1, 0.15) is 0 Å². The Morgan fingerprint density at radius 2 is 2.04 bits per heavy atom. The lowest BCUT2D eigenvalue weighted by atomic mass is 9.86. The molecule has 0 aromatic heterocycles. The lowest BCUT2D eigenvalue weighted by molar-refractivity contribution is -0.384. The summed E-state index contributed by atoms with van der Waals surface area (Å²) >= 11 is 0. The Balaban J connectivity index is 2.05. The van der Waals surface area contributed by atoms with Gasteiger partial charge in [-0.05, 0) is 31.2 Å². The van der Waals surface area contributed by atoms with Crippen LogP contribution in [-0.4, -0.2) is 36.7 Å². The first-order valence-electron chi connectivity index (χ1n) is 9.29. The van der Waals surface area contributed by atoms with Gasteiger partial charge in [0.15, 0.2) is 5.96 Å². The van der Waals surface area contributed by atoms with Crippen molar-refractivity contribution in [3.63, 3.8) is 0 Å². The third kappa shape index (κ3) is 6.29. The van der Waals surface area contributed by atoms with E-state index < -0.39 is 4.92 Å². The van der Waals surface area contributed by atoms with E-state index in [4.69, 9.17) is 4.74 Å². The molecule has 2 rings (SSSR count). The van der Waals surface area contributed by atoms with E-state index in [2.05, 4.69) is 29.5 Å². The van der Waals surface area contributed by atoms with Crippen LogP contribution in [0.25, 0.3) is 0 Å². The van der Waals surface area contributed by atoms with Crippen LogP contribution in [0.4, 0.5) is 5.69 Å². The minimum Gasteiger partial charge on any atom is -0.383 e. The van der Waals surface area contributed by atoms with E-state index in [0.29, 0.717) is 25.1 Å². The van der Waals surface area contributed by atoms with Gasteiger partial charge in [0.25, 0.3) is 5.69 Å². The third-order valence-corrected chi connectivity index (χ3v) is 4.80. The second kappa shape index (κ2) is 10.1. The van der Waals surface area contributed by atoms with Gasteiger partial charge in [-0.2, -0.15) is 0 Å². The van der Waals surface area contributed by atoms with Crippen LogP contribution in [0, 0.1) is 16.0 Å². The number of hydrogen-bond acceptors (Lipinski definition) is 4. The zero-order chi connectivity index (χ0) is 18.9. The maximum absolute atomic E-state index is 10.8. The molecule has 7 nitrogen and oxygen atoms in total. The van der Waals surface area contributed by atoms with Gasteiger partial charge in [-0.25, -0.2) is 4.99 Å². The summed E-state index contributed by atoms with van der Waals surface area (Å²) in [6.45, 7) is 5.40. The van der Waals surface area contributed by atoms with E-state index in [1.807, 2.05) is 0 Å². The van der Waals surface area contributed by atoms with Crippen LogP contribution in [0.5, 0.6) is 0 Å². The summed E-state index contributed by atoms with van der Waals surface area (Å²) in [5.41, 5.74) is 1.03. The monoisotopic (exact) mass is 362 g/mol. The third-order valence-electron chi connectivity index (χ3n) is 4.80. The molecule has 1 saturated carbocycles. The largest absolute Gasteiger partial charge is 0.383 e. The van der Waals surface area contributed by atoms with Crippen LogP contribution in [0.15, 0.2) is 29.3 Å². The highest BCUT2D eigenvalue weighted by molar-refractivity contribution is 5.80. The van der Waals surface area contributed by atoms with Crippen molar-refractivity contribution < 1.29 is 9.66 Å². The first-order valence-corrected chi connectivity index (χ1v) is 9.29. The van der Waals surface area contributed by atoms with Crippen LogP contribution in [0.1, 0.15) is 45.1 Å². The van der Waals surface area contributed by atoms with Gasteiger partial charge in [-0.1, -0.05) is 31.9 Å². The summed E-state index contributed by atoms with van der Waals surface area (Å²) in [4.78, 5) is 15.1. The molecule has 3 unspecified atom stereocenters. The fourth-order valence-electron chi connectivity index (χ4n) is 3.26. The predicted molar refractivity (Wildman–Crippen MR) is 103 cm³/mol. The Bertz CT molecular complexity index is 603. The smallest absolute Gasteiger partial charge is 0.269 e. The van der Waals surface area contributed by atoms with E-state index in [-0.39, 0.29) is 11.7 Å². The number of rotatable bonds is 7. The zero-order valence-electron chi connectivity index (χ0n) is 15.9. The summed E-state index contributed by atoms with van der Waals surface area (Å²) in [5.74, 6) is 1.39. The number of methoxy groups -OCH3 is 1. The van der Waals surface area contributed by atoms with E-state index >= 15 is 0 Å². The molecule has 0 saturated heterocycles. The van der Waals surface area contributed by atoms with Crippen LogP contribution in [0.2, 0.25) is 0 Å². The first-order chi connectivity index (χ1) is 12.5. The second-order valence-corrected chi connectivity index (χ2v) is 7.10. The molecule has 1 aromatic carbocycles. The van der Waals surface area contributed by atoms with Crippen LogP contribution in [-0.2, 0) is 11.3 Å². The highest BCUT2D eigenvalue weighted by atomic mass is 16.6. The van der Waals surface area contributed by atoms with Crippen molar-refractivity contribution >= 4 is 11.6 Å². The Morgan fingerprint density at radius 1 is 1.35 bits per heavy atom. The standard InChI is InChI=1S/C19H30N4O3/c1-14-6-4-5-7-18(14)22-19(21-15(2)13-26-3)20-12-16-8-10-17(11-9-16)23(24)25/h8-11,14-15,18H,4-7,12-13H2,1-3H3,(H2,20,21,22). The number of nitrogens with one attached hydrogen (secondary N) is 2. The van der Waals surface area contributed by atoms with Crippen molar-refractivity contribution in [1.82, 2.24) is 10.6 Å². The summed E-state index contributed by atoms with van der Waals surface area (Å²) in [7, 11) is 1.68. The first kappa shape index (κ1) is 20.2. The van der Waals surface area contributed by atoms with Gasteiger partial charge in [-0.15, -0.1) is 0 Å². The number of nitro groups is 1. The van der Waals surface area contributed by atoms with Gasteiger partial charge >= 0.3 is 0 Å². The quantitative estimate of drug-likeness (QED) is 0.336. The fraction of sp³-hybridized carbons (Fsp3) is 0.632. The number of nitrogens with zero attached hydrogens (tertiary/aromatic N) is 2. The average Bonchev–Trinajstić information content (AvgIpc) is 2.62. The van der Waals surface area contributed by atoms with Gasteiger partial charge in [0.05, 0.1) is 18.1 Å². The van der Waals surface area contributed by atoms with Gasteiger partial charge < -0.3 is 15.4 Å². The topological polar surface area (TPSA) is 88.8 Å². The van der Waals surface area contributed by atoms with E-state index in [1.165, 1.54) is 31.4 Å². The van der Waals surface area contributed by atoms with Crippen LogP contribution in [0.3, 0.4) is 0 Å². The molecular formula is C19H30N4O3. The van der Waals surface area contributed by atoms with Crippen molar-refractivity contribution in [3.05, 3.63) is 39.9 Å². The molecule has 0 heterocycles. The minimum atomic E-state index is -0.390. The van der Waals surface area contributed by atoms with E-state index in [0.717, 1.165) is 17.9 Å². The van der Waals surface area contributed by atoms with Crippen molar-refractivity contribution in [2.45, 2.75) is 58.2 Å². The molecular weight excluding hydrogens is 332 g/mol. The zero-order valence-corrected chi connectivity index (χ0v) is 15.9. The minimum absolute atomic E-state index is 0.0963. The lowest BCUT2D eigenvalue weighted by Crippen LogP contribution is -2.50. The molecule has 0 aliphatic heterocycles. The maximum Gasteiger partial charge on any atom is 0.269 e. The predicted octanol–water partition coefficient (Wildman–Crippen LogP) is 3.24. The molecule has 0 bridgehead atoms. The maximum atomic E-state index is 10.8. The molecule has 144 valence electrons. The molecule has 0 spiro atoms. The van der Waals surface area contributed by atoms with E-state index in [9.17, 15) is 10.1 Å². The summed E-state index contributed by atoms with van der Waals surface area (Å²) in [5, 5.41) is 17.7. The SMILES string of the molecule is COCC(C)NC(=NCc1ccc([N+](=O)[O-])cc1)NC1CCCCC1C. The Morgan fingerprint density at radius 3 is 2.65 bits per heavy atom. The van der Waals surface area contributed by atoms with Crippen molar-refractivity contribution in [3.8, 4) is 0 Å².